The number of nitrogens with one attached hydrogen (secondary N) is 1. The smallest absolute Gasteiger partial charge is 0.255 e. The van der Waals surface area contributed by atoms with Crippen molar-refractivity contribution in [2.24, 2.45) is 0 Å². The minimum Gasteiger partial charge on any atom is -0.487 e. The fourth-order valence-electron chi connectivity index (χ4n) is 1.41. The lowest BCUT2D eigenvalue weighted by atomic mass is 10.1. The van der Waals surface area contributed by atoms with Crippen LogP contribution in [-0.2, 0) is 0 Å². The summed E-state index contributed by atoms with van der Waals surface area (Å²) in [6.45, 7) is 8.61. The average Bonchev–Trinajstić information content (AvgIpc) is 2.24. The Kier molecular flexibility index (Phi) is 4.55. The Morgan fingerprint density at radius 1 is 1.29 bits per heavy atom. The molecule has 0 heterocycles. The molecule has 0 aromatic heterocycles. The van der Waals surface area contributed by atoms with Crippen LogP contribution in [0.15, 0.2) is 24.3 Å². The summed E-state index contributed by atoms with van der Waals surface area (Å²) >= 11 is 0. The second-order valence-corrected chi connectivity index (χ2v) is 4.97. The van der Waals surface area contributed by atoms with Gasteiger partial charge in [-0.15, -0.1) is 0 Å². The Labute approximate surface area is 103 Å². The molecule has 0 spiro atoms. The normalized spacial score (nSPS) is 11.1. The summed E-state index contributed by atoms with van der Waals surface area (Å²) in [4.78, 5) is 11.9. The first-order chi connectivity index (χ1) is 7.94. The first kappa shape index (κ1) is 13.6. The zero-order chi connectivity index (χ0) is 12.9. The lowest BCUT2D eigenvalue weighted by Crippen LogP contribution is -2.28. The molecular weight excluding hydrogens is 214 g/mol. The molecule has 1 N–H and O–H groups in total. The van der Waals surface area contributed by atoms with Gasteiger partial charge in [-0.05, 0) is 39.3 Å². The molecule has 1 aromatic carbocycles. The number of amides is 1. The maximum atomic E-state index is 11.9. The van der Waals surface area contributed by atoms with Crippen LogP contribution in [-0.4, -0.2) is 18.1 Å². The highest BCUT2D eigenvalue weighted by molar-refractivity contribution is 5.96. The number of hydrogen-bond donors (Lipinski definition) is 1. The van der Waals surface area contributed by atoms with Crippen LogP contribution in [0.4, 0.5) is 0 Å². The zero-order valence-electron chi connectivity index (χ0n) is 11.0. The molecule has 1 amide bonds. The van der Waals surface area contributed by atoms with Crippen LogP contribution in [0.2, 0.25) is 0 Å². The second-order valence-electron chi connectivity index (χ2n) is 4.97. The topological polar surface area (TPSA) is 38.3 Å². The van der Waals surface area contributed by atoms with Crippen molar-refractivity contribution in [2.75, 3.05) is 6.54 Å². The van der Waals surface area contributed by atoms with Crippen molar-refractivity contribution < 1.29 is 9.53 Å². The van der Waals surface area contributed by atoms with Gasteiger partial charge in [0, 0.05) is 6.54 Å². The van der Waals surface area contributed by atoms with Crippen molar-refractivity contribution in [2.45, 2.75) is 39.7 Å². The van der Waals surface area contributed by atoms with E-state index in [1.54, 1.807) is 6.07 Å². The predicted octanol–water partition coefficient (Wildman–Crippen LogP) is 3.00. The van der Waals surface area contributed by atoms with Crippen LogP contribution in [0, 0.1) is 0 Å². The van der Waals surface area contributed by atoms with E-state index in [9.17, 15) is 4.79 Å². The van der Waals surface area contributed by atoms with Gasteiger partial charge in [0.1, 0.15) is 11.4 Å². The Morgan fingerprint density at radius 2 is 1.94 bits per heavy atom. The van der Waals surface area contributed by atoms with Gasteiger partial charge >= 0.3 is 0 Å². The quantitative estimate of drug-likeness (QED) is 0.871. The van der Waals surface area contributed by atoms with E-state index in [1.807, 2.05) is 45.9 Å². The molecule has 0 unspecified atom stereocenters. The van der Waals surface area contributed by atoms with Gasteiger partial charge in [0.2, 0.25) is 0 Å². The minimum atomic E-state index is -0.304. The monoisotopic (exact) mass is 235 g/mol. The summed E-state index contributed by atoms with van der Waals surface area (Å²) < 4.78 is 5.77. The molecule has 0 saturated carbocycles. The molecule has 0 radical (unpaired) electrons. The van der Waals surface area contributed by atoms with E-state index in [2.05, 4.69) is 5.32 Å². The minimum absolute atomic E-state index is 0.0771. The van der Waals surface area contributed by atoms with Gasteiger partial charge in [-0.2, -0.15) is 0 Å². The van der Waals surface area contributed by atoms with Crippen molar-refractivity contribution in [3.8, 4) is 5.75 Å². The number of carbonyl (C=O) groups is 1. The van der Waals surface area contributed by atoms with Gasteiger partial charge in [0.05, 0.1) is 5.56 Å². The van der Waals surface area contributed by atoms with Gasteiger partial charge in [0.15, 0.2) is 0 Å². The molecule has 0 aliphatic heterocycles. The summed E-state index contributed by atoms with van der Waals surface area (Å²) in [7, 11) is 0. The standard InChI is InChI=1S/C14H21NO2/c1-5-10-15-13(16)11-8-6-7-9-12(11)17-14(2,3)4/h6-9H,5,10H2,1-4H3,(H,15,16). The number of hydrogen-bond acceptors (Lipinski definition) is 2. The van der Waals surface area contributed by atoms with E-state index < -0.39 is 0 Å². The number of benzene rings is 1. The summed E-state index contributed by atoms with van der Waals surface area (Å²) in [5, 5.41) is 2.86. The third-order valence-electron chi connectivity index (χ3n) is 2.08. The molecule has 3 nitrogen and oxygen atoms in total. The molecular formula is C14H21NO2. The molecule has 17 heavy (non-hydrogen) atoms. The van der Waals surface area contributed by atoms with Crippen molar-refractivity contribution in [3.63, 3.8) is 0 Å². The maximum absolute atomic E-state index is 11.9. The van der Waals surface area contributed by atoms with Gasteiger partial charge in [-0.1, -0.05) is 19.1 Å². The first-order valence-corrected chi connectivity index (χ1v) is 6.00. The first-order valence-electron chi connectivity index (χ1n) is 6.00. The van der Waals surface area contributed by atoms with Gasteiger partial charge in [-0.3, -0.25) is 4.79 Å². The predicted molar refractivity (Wildman–Crippen MR) is 69.4 cm³/mol. The molecule has 0 fully saturated rings. The lowest BCUT2D eigenvalue weighted by Gasteiger charge is -2.22. The highest BCUT2D eigenvalue weighted by atomic mass is 16.5. The highest BCUT2D eigenvalue weighted by Gasteiger charge is 2.17. The lowest BCUT2D eigenvalue weighted by molar-refractivity contribution is 0.0933. The number of ether oxygens (including phenoxy) is 1. The van der Waals surface area contributed by atoms with Crippen LogP contribution in [0.3, 0.4) is 0 Å². The van der Waals surface area contributed by atoms with E-state index in [0.29, 0.717) is 17.9 Å². The zero-order valence-corrected chi connectivity index (χ0v) is 11.0. The van der Waals surface area contributed by atoms with Crippen LogP contribution in [0.5, 0.6) is 5.75 Å². The molecule has 0 atom stereocenters. The third-order valence-corrected chi connectivity index (χ3v) is 2.08. The van der Waals surface area contributed by atoms with E-state index in [4.69, 9.17) is 4.74 Å². The van der Waals surface area contributed by atoms with E-state index >= 15 is 0 Å². The fourth-order valence-corrected chi connectivity index (χ4v) is 1.41. The Bertz CT molecular complexity index is 380. The average molecular weight is 235 g/mol. The molecule has 3 heteroatoms. The van der Waals surface area contributed by atoms with Gasteiger partial charge in [-0.25, -0.2) is 0 Å². The van der Waals surface area contributed by atoms with Crippen LogP contribution in [0.1, 0.15) is 44.5 Å². The number of para-hydroxylation sites is 1. The molecule has 1 rings (SSSR count). The molecule has 0 aliphatic carbocycles. The number of carbonyl (C=O) groups excluding carboxylic acids is 1. The van der Waals surface area contributed by atoms with Crippen molar-refractivity contribution >= 4 is 5.91 Å². The van der Waals surface area contributed by atoms with E-state index in [0.717, 1.165) is 6.42 Å². The maximum Gasteiger partial charge on any atom is 0.255 e. The van der Waals surface area contributed by atoms with Crippen LogP contribution in [0.25, 0.3) is 0 Å². The van der Waals surface area contributed by atoms with Crippen LogP contribution >= 0.6 is 0 Å². The summed E-state index contributed by atoms with van der Waals surface area (Å²) in [6, 6.07) is 7.33. The Morgan fingerprint density at radius 3 is 2.53 bits per heavy atom. The molecule has 0 bridgehead atoms. The van der Waals surface area contributed by atoms with E-state index in [1.165, 1.54) is 0 Å². The number of rotatable bonds is 4. The van der Waals surface area contributed by atoms with Crippen molar-refractivity contribution in [1.82, 2.24) is 5.32 Å². The van der Waals surface area contributed by atoms with Crippen molar-refractivity contribution in [1.29, 1.82) is 0 Å². The molecule has 1 aromatic rings. The van der Waals surface area contributed by atoms with Crippen LogP contribution < -0.4 is 10.1 Å². The van der Waals surface area contributed by atoms with E-state index in [-0.39, 0.29) is 11.5 Å². The van der Waals surface area contributed by atoms with Gasteiger partial charge in [0.25, 0.3) is 5.91 Å². The third kappa shape index (κ3) is 4.47. The highest BCUT2D eigenvalue weighted by Crippen LogP contribution is 2.22. The summed E-state index contributed by atoms with van der Waals surface area (Å²) in [5.41, 5.74) is 0.289. The fraction of sp³-hybridized carbons (Fsp3) is 0.500. The largest absolute Gasteiger partial charge is 0.487 e. The van der Waals surface area contributed by atoms with Gasteiger partial charge < -0.3 is 10.1 Å². The Hall–Kier alpha value is -1.51. The molecule has 94 valence electrons. The second kappa shape index (κ2) is 5.71. The summed E-state index contributed by atoms with van der Waals surface area (Å²) in [6.07, 6.45) is 0.925. The molecule has 0 saturated heterocycles. The SMILES string of the molecule is CCCNC(=O)c1ccccc1OC(C)(C)C. The Balaban J connectivity index is 2.88. The van der Waals surface area contributed by atoms with Crippen molar-refractivity contribution in [3.05, 3.63) is 29.8 Å². The molecule has 0 aliphatic rings. The summed E-state index contributed by atoms with van der Waals surface area (Å²) in [5.74, 6) is 0.556.